The van der Waals surface area contributed by atoms with Gasteiger partial charge in [-0.2, -0.15) is 0 Å². The summed E-state index contributed by atoms with van der Waals surface area (Å²) in [6.45, 7) is 0.463. The normalized spacial score (nSPS) is 18.2. The van der Waals surface area contributed by atoms with E-state index in [9.17, 15) is 14.7 Å². The largest absolute Gasteiger partial charge is 0.497 e. The molecule has 8 nitrogen and oxygen atoms in total. The molecule has 2 N–H and O–H groups in total. The third kappa shape index (κ3) is 3.58. The minimum absolute atomic E-state index is 0.234. The average molecular weight is 404 g/mol. The highest BCUT2D eigenvalue weighted by atomic mass is 16.5. The first-order valence-corrected chi connectivity index (χ1v) is 9.33. The summed E-state index contributed by atoms with van der Waals surface area (Å²) in [5.41, 5.74) is 0.169. The van der Waals surface area contributed by atoms with Crippen LogP contribution in [0.3, 0.4) is 0 Å². The van der Waals surface area contributed by atoms with Crippen molar-refractivity contribution < 1.29 is 19.4 Å². The van der Waals surface area contributed by atoms with Crippen LogP contribution in [0.2, 0.25) is 0 Å². The van der Waals surface area contributed by atoms with Gasteiger partial charge in [0.2, 0.25) is 11.4 Å². The Morgan fingerprint density at radius 1 is 1.33 bits per heavy atom. The third-order valence-electron chi connectivity index (χ3n) is 4.99. The van der Waals surface area contributed by atoms with Gasteiger partial charge in [0, 0.05) is 43.5 Å². The molecule has 1 aromatic carbocycles. The molecule has 1 aliphatic rings. The molecule has 0 unspecified atom stereocenters. The first-order valence-electron chi connectivity index (χ1n) is 9.33. The molecule has 1 aliphatic heterocycles. The number of carbonyl (C=O) groups excluding carboxylic acids is 2. The summed E-state index contributed by atoms with van der Waals surface area (Å²) in [6, 6.07) is 10.4. The monoisotopic (exact) mass is 404 g/mol. The molecule has 1 saturated heterocycles. The Hall–Kier alpha value is -3.83. The van der Waals surface area contributed by atoms with Crippen molar-refractivity contribution in [2.45, 2.75) is 12.0 Å². The highest BCUT2D eigenvalue weighted by Gasteiger charge is 2.42. The quantitative estimate of drug-likeness (QED) is 0.646. The SMILES string of the molecule is COc1ccn2c(C(=O)Nc3cccc(C#C[C@]4(O)CCN(C)C4=O)c3)ncc2c1. The second-order valence-corrected chi connectivity index (χ2v) is 7.07. The second-order valence-electron chi connectivity index (χ2n) is 7.07. The fourth-order valence-corrected chi connectivity index (χ4v) is 3.28. The van der Waals surface area contributed by atoms with Gasteiger partial charge in [-0.3, -0.25) is 14.0 Å². The van der Waals surface area contributed by atoms with E-state index < -0.39 is 11.5 Å². The maximum Gasteiger partial charge on any atom is 0.292 e. The number of nitrogens with zero attached hydrogens (tertiary/aromatic N) is 3. The molecule has 1 atom stereocenters. The van der Waals surface area contributed by atoms with Crippen molar-refractivity contribution >= 4 is 23.0 Å². The smallest absolute Gasteiger partial charge is 0.292 e. The molecule has 0 bridgehead atoms. The van der Waals surface area contributed by atoms with Gasteiger partial charge < -0.3 is 20.1 Å². The van der Waals surface area contributed by atoms with Gasteiger partial charge in [0.25, 0.3) is 11.8 Å². The van der Waals surface area contributed by atoms with Gasteiger partial charge >= 0.3 is 0 Å². The van der Waals surface area contributed by atoms with Crippen molar-refractivity contribution in [2.75, 3.05) is 26.0 Å². The maximum atomic E-state index is 12.7. The number of rotatable bonds is 3. The molecule has 0 aliphatic carbocycles. The number of fused-ring (bicyclic) bond motifs is 1. The van der Waals surface area contributed by atoms with E-state index in [1.165, 1.54) is 4.90 Å². The van der Waals surface area contributed by atoms with E-state index in [2.05, 4.69) is 22.1 Å². The van der Waals surface area contributed by atoms with Crippen LogP contribution >= 0.6 is 0 Å². The van der Waals surface area contributed by atoms with E-state index in [0.717, 1.165) is 5.52 Å². The van der Waals surface area contributed by atoms with Crippen LogP contribution in [0.5, 0.6) is 5.75 Å². The summed E-state index contributed by atoms with van der Waals surface area (Å²) in [4.78, 5) is 30.4. The number of ether oxygens (including phenoxy) is 1. The van der Waals surface area contributed by atoms with Crippen LogP contribution in [0, 0.1) is 11.8 Å². The Morgan fingerprint density at radius 3 is 2.90 bits per heavy atom. The molecule has 0 radical (unpaired) electrons. The predicted molar refractivity (Wildman–Crippen MR) is 110 cm³/mol. The summed E-state index contributed by atoms with van der Waals surface area (Å²) in [7, 11) is 3.21. The molecular weight excluding hydrogens is 384 g/mol. The van der Waals surface area contributed by atoms with Gasteiger partial charge in [0.1, 0.15) is 5.75 Å². The van der Waals surface area contributed by atoms with Crippen molar-refractivity contribution in [1.29, 1.82) is 0 Å². The maximum absolute atomic E-state index is 12.7. The van der Waals surface area contributed by atoms with Crippen molar-refractivity contribution in [1.82, 2.24) is 14.3 Å². The zero-order valence-electron chi connectivity index (χ0n) is 16.5. The third-order valence-corrected chi connectivity index (χ3v) is 4.99. The molecule has 0 saturated carbocycles. The number of likely N-dealkylation sites (N-methyl/N-ethyl adjacent to an activating group) is 1. The fraction of sp³-hybridized carbons (Fsp3) is 0.227. The number of imidazole rings is 1. The Bertz CT molecular complexity index is 1210. The van der Waals surface area contributed by atoms with E-state index in [-0.39, 0.29) is 18.2 Å². The number of likely N-dealkylation sites (tertiary alicyclic amines) is 1. The number of hydrogen-bond donors (Lipinski definition) is 2. The van der Waals surface area contributed by atoms with E-state index >= 15 is 0 Å². The van der Waals surface area contributed by atoms with Gasteiger partial charge in [-0.15, -0.1) is 0 Å². The van der Waals surface area contributed by atoms with E-state index in [4.69, 9.17) is 4.74 Å². The Balaban J connectivity index is 1.54. The lowest BCUT2D eigenvalue weighted by molar-refractivity contribution is -0.137. The zero-order chi connectivity index (χ0) is 21.3. The lowest BCUT2D eigenvalue weighted by Crippen LogP contribution is -2.37. The molecule has 3 aromatic rings. The molecule has 3 heterocycles. The number of aliphatic hydroxyl groups is 1. The molecule has 152 valence electrons. The first kappa shape index (κ1) is 19.5. The standard InChI is InChI=1S/C22H20N4O4/c1-25-11-9-22(29,21(25)28)8-6-15-4-3-5-16(12-15)24-20(27)19-23-14-17-13-18(30-2)7-10-26(17)19/h3-5,7,10,12-14,29H,9,11H2,1-2H3,(H,24,27)/t22-/m0/s1. The van der Waals surface area contributed by atoms with Crippen LogP contribution in [0.15, 0.2) is 48.8 Å². The van der Waals surface area contributed by atoms with Crippen molar-refractivity contribution in [3.63, 3.8) is 0 Å². The Labute approximate surface area is 173 Å². The highest BCUT2D eigenvalue weighted by Crippen LogP contribution is 2.21. The lowest BCUT2D eigenvalue weighted by atomic mass is 10.0. The molecule has 1 fully saturated rings. The predicted octanol–water partition coefficient (Wildman–Crippen LogP) is 1.54. The van der Waals surface area contributed by atoms with Crippen LogP contribution in [-0.2, 0) is 4.79 Å². The zero-order valence-corrected chi connectivity index (χ0v) is 16.5. The second kappa shape index (κ2) is 7.54. The molecule has 30 heavy (non-hydrogen) atoms. The molecule has 0 spiro atoms. The van der Waals surface area contributed by atoms with Crippen LogP contribution in [-0.4, -0.2) is 57.5 Å². The molecule has 8 heteroatoms. The van der Waals surface area contributed by atoms with Crippen LogP contribution in [0.4, 0.5) is 5.69 Å². The number of aromatic nitrogens is 2. The highest BCUT2D eigenvalue weighted by molar-refractivity contribution is 6.02. The number of carbonyl (C=O) groups is 2. The topological polar surface area (TPSA) is 96.2 Å². The summed E-state index contributed by atoms with van der Waals surface area (Å²) < 4.78 is 6.85. The molecule has 4 rings (SSSR count). The summed E-state index contributed by atoms with van der Waals surface area (Å²) >= 11 is 0. The Morgan fingerprint density at radius 2 is 2.17 bits per heavy atom. The van der Waals surface area contributed by atoms with Crippen molar-refractivity contribution in [3.8, 4) is 17.6 Å². The van der Waals surface area contributed by atoms with Gasteiger partial charge in [0.15, 0.2) is 0 Å². The fourth-order valence-electron chi connectivity index (χ4n) is 3.28. The number of nitrogens with one attached hydrogen (secondary N) is 1. The summed E-state index contributed by atoms with van der Waals surface area (Å²) in [5, 5.41) is 13.2. The van der Waals surface area contributed by atoms with E-state index in [0.29, 0.717) is 23.5 Å². The number of methoxy groups -OCH3 is 1. The molecule has 2 aromatic heterocycles. The van der Waals surface area contributed by atoms with E-state index in [1.807, 2.05) is 0 Å². The van der Waals surface area contributed by atoms with Gasteiger partial charge in [0.05, 0.1) is 18.8 Å². The van der Waals surface area contributed by atoms with Gasteiger partial charge in [-0.05, 0) is 24.3 Å². The van der Waals surface area contributed by atoms with Crippen LogP contribution in [0.25, 0.3) is 5.52 Å². The van der Waals surface area contributed by atoms with Crippen LogP contribution < -0.4 is 10.1 Å². The summed E-state index contributed by atoms with van der Waals surface area (Å²) in [5.74, 6) is 5.64. The average Bonchev–Trinajstić information content (AvgIpc) is 3.29. The van der Waals surface area contributed by atoms with Crippen LogP contribution in [0.1, 0.15) is 22.6 Å². The van der Waals surface area contributed by atoms with Crippen molar-refractivity contribution in [3.05, 3.63) is 60.2 Å². The number of pyridine rings is 1. The molecular formula is C22H20N4O4. The number of anilines is 1. The van der Waals surface area contributed by atoms with Gasteiger partial charge in [-0.1, -0.05) is 17.9 Å². The number of amides is 2. The lowest BCUT2D eigenvalue weighted by Gasteiger charge is -2.13. The van der Waals surface area contributed by atoms with Gasteiger partial charge in [-0.25, -0.2) is 4.98 Å². The minimum Gasteiger partial charge on any atom is -0.497 e. The summed E-state index contributed by atoms with van der Waals surface area (Å²) in [6.07, 6.45) is 3.58. The minimum atomic E-state index is -1.66. The molecule has 2 amide bonds. The van der Waals surface area contributed by atoms with Crippen molar-refractivity contribution in [2.24, 2.45) is 0 Å². The first-order chi connectivity index (χ1) is 14.4. The Kier molecular flexibility index (Phi) is 4.90. The number of benzene rings is 1. The van der Waals surface area contributed by atoms with E-state index in [1.54, 1.807) is 67.4 Å². The number of hydrogen-bond acceptors (Lipinski definition) is 5.